The molecule has 5 heteroatoms. The molecule has 1 aliphatic rings. The summed E-state index contributed by atoms with van der Waals surface area (Å²) in [5.41, 5.74) is 0.865. The number of hydrogen-bond donors (Lipinski definition) is 1. The summed E-state index contributed by atoms with van der Waals surface area (Å²) in [6.07, 6.45) is 1.03. The van der Waals surface area contributed by atoms with Crippen molar-refractivity contribution in [2.75, 3.05) is 26.2 Å². The predicted octanol–water partition coefficient (Wildman–Crippen LogP) is 1.20. The normalized spacial score (nSPS) is 17.2. The van der Waals surface area contributed by atoms with E-state index in [4.69, 9.17) is 0 Å². The Morgan fingerprint density at radius 2 is 2.19 bits per heavy atom. The number of carbonyl (C=O) groups is 1. The van der Waals surface area contributed by atoms with Crippen LogP contribution in [0.15, 0.2) is 0 Å². The SMILES string of the molecule is Cc1nc(C)c(C(=O)N2CCCNCC2)s1. The van der Waals surface area contributed by atoms with Gasteiger partial charge >= 0.3 is 0 Å². The van der Waals surface area contributed by atoms with Crippen LogP contribution in [0.25, 0.3) is 0 Å². The first-order valence-electron chi connectivity index (χ1n) is 5.62. The summed E-state index contributed by atoms with van der Waals surface area (Å²) in [5, 5.41) is 4.26. The van der Waals surface area contributed by atoms with Crippen LogP contribution >= 0.6 is 11.3 Å². The lowest BCUT2D eigenvalue weighted by atomic mass is 10.3. The van der Waals surface area contributed by atoms with E-state index in [1.807, 2.05) is 18.7 Å². The maximum absolute atomic E-state index is 12.3. The van der Waals surface area contributed by atoms with Crippen molar-refractivity contribution in [3.05, 3.63) is 15.6 Å². The minimum Gasteiger partial charge on any atom is -0.337 e. The summed E-state index contributed by atoms with van der Waals surface area (Å²) in [7, 11) is 0. The van der Waals surface area contributed by atoms with Gasteiger partial charge in [-0.15, -0.1) is 11.3 Å². The average molecular weight is 239 g/mol. The van der Waals surface area contributed by atoms with E-state index in [0.717, 1.165) is 48.2 Å². The standard InChI is InChI=1S/C11H17N3OS/c1-8-10(16-9(2)13-8)11(15)14-6-3-4-12-5-7-14/h12H,3-7H2,1-2H3. The highest BCUT2D eigenvalue weighted by atomic mass is 32.1. The lowest BCUT2D eigenvalue weighted by Gasteiger charge is -2.19. The van der Waals surface area contributed by atoms with E-state index in [-0.39, 0.29) is 5.91 Å². The molecule has 4 nitrogen and oxygen atoms in total. The van der Waals surface area contributed by atoms with Gasteiger partial charge < -0.3 is 10.2 Å². The van der Waals surface area contributed by atoms with E-state index in [9.17, 15) is 4.79 Å². The van der Waals surface area contributed by atoms with Crippen LogP contribution in [0.5, 0.6) is 0 Å². The molecule has 2 heterocycles. The maximum Gasteiger partial charge on any atom is 0.265 e. The van der Waals surface area contributed by atoms with Crippen LogP contribution in [0.2, 0.25) is 0 Å². The van der Waals surface area contributed by atoms with E-state index in [1.165, 1.54) is 11.3 Å². The Morgan fingerprint density at radius 3 is 2.88 bits per heavy atom. The molecule has 1 aliphatic heterocycles. The van der Waals surface area contributed by atoms with Gasteiger partial charge in [-0.25, -0.2) is 4.98 Å². The van der Waals surface area contributed by atoms with Crippen LogP contribution in [-0.2, 0) is 0 Å². The summed E-state index contributed by atoms with van der Waals surface area (Å²) in [6.45, 7) is 7.40. The second kappa shape index (κ2) is 4.93. The highest BCUT2D eigenvalue weighted by Crippen LogP contribution is 2.19. The van der Waals surface area contributed by atoms with Crippen LogP contribution in [0, 0.1) is 13.8 Å². The molecule has 0 unspecified atom stereocenters. The predicted molar refractivity (Wildman–Crippen MR) is 65.0 cm³/mol. The largest absolute Gasteiger partial charge is 0.337 e. The van der Waals surface area contributed by atoms with Crippen molar-refractivity contribution in [3.63, 3.8) is 0 Å². The topological polar surface area (TPSA) is 45.2 Å². The monoisotopic (exact) mass is 239 g/mol. The Hall–Kier alpha value is -0.940. The number of amides is 1. The molecule has 0 aliphatic carbocycles. The third kappa shape index (κ3) is 2.41. The lowest BCUT2D eigenvalue weighted by molar-refractivity contribution is 0.0770. The molecule has 1 N–H and O–H groups in total. The zero-order valence-electron chi connectivity index (χ0n) is 9.75. The van der Waals surface area contributed by atoms with Crippen LogP contribution in [-0.4, -0.2) is 42.0 Å². The van der Waals surface area contributed by atoms with E-state index in [1.54, 1.807) is 0 Å². The van der Waals surface area contributed by atoms with Crippen molar-refractivity contribution in [2.24, 2.45) is 0 Å². The average Bonchev–Trinajstić information content (AvgIpc) is 2.49. The van der Waals surface area contributed by atoms with E-state index in [2.05, 4.69) is 10.3 Å². The van der Waals surface area contributed by atoms with Crippen molar-refractivity contribution in [1.82, 2.24) is 15.2 Å². The van der Waals surface area contributed by atoms with Gasteiger partial charge in [0.2, 0.25) is 0 Å². The Morgan fingerprint density at radius 1 is 1.38 bits per heavy atom. The fourth-order valence-electron chi connectivity index (χ4n) is 1.92. The molecule has 0 saturated carbocycles. The van der Waals surface area contributed by atoms with Gasteiger partial charge in [0, 0.05) is 19.6 Å². The van der Waals surface area contributed by atoms with E-state index >= 15 is 0 Å². The third-order valence-corrected chi connectivity index (χ3v) is 3.79. The first-order valence-corrected chi connectivity index (χ1v) is 6.44. The van der Waals surface area contributed by atoms with Crippen molar-refractivity contribution >= 4 is 17.2 Å². The lowest BCUT2D eigenvalue weighted by Crippen LogP contribution is -2.34. The second-order valence-electron chi connectivity index (χ2n) is 4.04. The molecular formula is C11H17N3OS. The van der Waals surface area contributed by atoms with Crippen molar-refractivity contribution in [2.45, 2.75) is 20.3 Å². The molecule has 1 aromatic heterocycles. The number of thiazole rings is 1. The number of nitrogens with one attached hydrogen (secondary N) is 1. The van der Waals surface area contributed by atoms with Crippen molar-refractivity contribution < 1.29 is 4.79 Å². The fourth-order valence-corrected chi connectivity index (χ4v) is 2.81. The van der Waals surface area contributed by atoms with Gasteiger partial charge in [0.25, 0.3) is 5.91 Å². The molecule has 0 radical (unpaired) electrons. The molecule has 1 saturated heterocycles. The van der Waals surface area contributed by atoms with Crippen molar-refractivity contribution in [1.29, 1.82) is 0 Å². The summed E-state index contributed by atoms with van der Waals surface area (Å²) in [5.74, 6) is 0.145. The van der Waals surface area contributed by atoms with Gasteiger partial charge in [0.1, 0.15) is 4.88 Å². The Balaban J connectivity index is 2.14. The Labute approximate surface area is 99.7 Å². The number of nitrogens with zero attached hydrogens (tertiary/aromatic N) is 2. The summed E-state index contributed by atoms with van der Waals surface area (Å²) in [4.78, 5) is 19.3. The maximum atomic E-state index is 12.3. The highest BCUT2D eigenvalue weighted by molar-refractivity contribution is 7.13. The van der Waals surface area contributed by atoms with E-state index in [0.29, 0.717) is 0 Å². The summed E-state index contributed by atoms with van der Waals surface area (Å²) >= 11 is 1.50. The number of aryl methyl sites for hydroxylation is 2. The molecule has 16 heavy (non-hydrogen) atoms. The molecule has 1 fully saturated rings. The number of rotatable bonds is 1. The van der Waals surface area contributed by atoms with Crippen LogP contribution in [0.4, 0.5) is 0 Å². The molecule has 0 spiro atoms. The molecule has 88 valence electrons. The van der Waals surface area contributed by atoms with Crippen LogP contribution in [0.3, 0.4) is 0 Å². The Bertz CT molecular complexity index is 381. The zero-order chi connectivity index (χ0) is 11.5. The zero-order valence-corrected chi connectivity index (χ0v) is 10.6. The van der Waals surface area contributed by atoms with Crippen molar-refractivity contribution in [3.8, 4) is 0 Å². The van der Waals surface area contributed by atoms with Crippen LogP contribution < -0.4 is 5.32 Å². The third-order valence-electron chi connectivity index (χ3n) is 2.73. The molecule has 0 atom stereocenters. The van der Waals surface area contributed by atoms with E-state index < -0.39 is 0 Å². The quantitative estimate of drug-likeness (QED) is 0.801. The molecule has 1 aromatic rings. The molecule has 2 rings (SSSR count). The van der Waals surface area contributed by atoms with Gasteiger partial charge in [-0.3, -0.25) is 4.79 Å². The Kier molecular flexibility index (Phi) is 3.56. The summed E-state index contributed by atoms with van der Waals surface area (Å²) < 4.78 is 0. The van der Waals surface area contributed by atoms with Gasteiger partial charge in [-0.05, 0) is 26.8 Å². The number of aromatic nitrogens is 1. The fraction of sp³-hybridized carbons (Fsp3) is 0.636. The van der Waals surface area contributed by atoms with Gasteiger partial charge in [0.05, 0.1) is 10.7 Å². The molecule has 1 amide bonds. The van der Waals surface area contributed by atoms with Gasteiger partial charge in [-0.1, -0.05) is 0 Å². The minimum absolute atomic E-state index is 0.145. The number of hydrogen-bond acceptors (Lipinski definition) is 4. The second-order valence-corrected chi connectivity index (χ2v) is 5.25. The summed E-state index contributed by atoms with van der Waals surface area (Å²) in [6, 6.07) is 0. The first kappa shape index (κ1) is 11.5. The smallest absolute Gasteiger partial charge is 0.265 e. The van der Waals surface area contributed by atoms with Gasteiger partial charge in [-0.2, -0.15) is 0 Å². The first-order chi connectivity index (χ1) is 7.68. The molecule has 0 bridgehead atoms. The highest BCUT2D eigenvalue weighted by Gasteiger charge is 2.21. The minimum atomic E-state index is 0.145. The molecule has 0 aromatic carbocycles. The van der Waals surface area contributed by atoms with Gasteiger partial charge in [0.15, 0.2) is 0 Å². The molecular weight excluding hydrogens is 222 g/mol. The van der Waals surface area contributed by atoms with Crippen LogP contribution in [0.1, 0.15) is 26.8 Å². The number of carbonyl (C=O) groups excluding carboxylic acids is 1.